The van der Waals surface area contributed by atoms with Crippen LogP contribution in [0.3, 0.4) is 0 Å². The van der Waals surface area contributed by atoms with Crippen LogP contribution in [0.5, 0.6) is 5.75 Å². The van der Waals surface area contributed by atoms with Gasteiger partial charge in [-0.05, 0) is 85.7 Å². The lowest BCUT2D eigenvalue weighted by molar-refractivity contribution is 0.475. The van der Waals surface area contributed by atoms with Gasteiger partial charge in [-0.25, -0.2) is 0 Å². The molecule has 2 heteroatoms. The van der Waals surface area contributed by atoms with Gasteiger partial charge in [0.15, 0.2) is 0 Å². The Bertz CT molecular complexity index is 812. The number of phenolic OH excluding ortho intramolecular Hbond substituents is 1. The van der Waals surface area contributed by atoms with E-state index in [1.165, 1.54) is 41.8 Å². The summed E-state index contributed by atoms with van der Waals surface area (Å²) >= 11 is 0. The molecule has 0 unspecified atom stereocenters. The molecular weight excluding hydrogens is 318 g/mol. The Labute approximate surface area is 157 Å². The third-order valence-corrected chi connectivity index (χ3v) is 5.05. The van der Waals surface area contributed by atoms with Crippen molar-refractivity contribution >= 4 is 0 Å². The van der Waals surface area contributed by atoms with Gasteiger partial charge in [0.05, 0.1) is 0 Å². The molecule has 0 aliphatic heterocycles. The third-order valence-electron chi connectivity index (χ3n) is 5.05. The first-order valence-corrected chi connectivity index (χ1v) is 9.70. The Kier molecular flexibility index (Phi) is 6.17. The van der Waals surface area contributed by atoms with Gasteiger partial charge in [-0.15, -0.1) is 0 Å². The number of aromatic nitrogens is 1. The standard InChI is InChI=1S/C24H29NO/c1-3-4-6-20-9-11-21(12-10-20)7-5-18-25-19(2)8-17-24(25)22-13-15-23(26)16-14-22/h8-17,26H,3-7,18H2,1-2H3. The molecule has 0 aliphatic rings. The summed E-state index contributed by atoms with van der Waals surface area (Å²) in [6.45, 7) is 5.41. The maximum atomic E-state index is 9.51. The largest absolute Gasteiger partial charge is 0.508 e. The van der Waals surface area contributed by atoms with E-state index in [0.29, 0.717) is 5.75 Å². The van der Waals surface area contributed by atoms with E-state index in [9.17, 15) is 5.11 Å². The van der Waals surface area contributed by atoms with E-state index in [0.717, 1.165) is 24.9 Å². The summed E-state index contributed by atoms with van der Waals surface area (Å²) in [5, 5.41) is 9.51. The number of aromatic hydroxyl groups is 1. The van der Waals surface area contributed by atoms with E-state index < -0.39 is 0 Å². The molecule has 0 aliphatic carbocycles. The van der Waals surface area contributed by atoms with Gasteiger partial charge in [-0.3, -0.25) is 0 Å². The van der Waals surface area contributed by atoms with Crippen LogP contribution in [0.25, 0.3) is 11.3 Å². The fourth-order valence-corrected chi connectivity index (χ4v) is 3.45. The molecule has 26 heavy (non-hydrogen) atoms. The molecule has 136 valence electrons. The lowest BCUT2D eigenvalue weighted by Gasteiger charge is -2.12. The van der Waals surface area contributed by atoms with Crippen LogP contribution < -0.4 is 0 Å². The van der Waals surface area contributed by atoms with Gasteiger partial charge < -0.3 is 9.67 Å². The number of hydrogen-bond acceptors (Lipinski definition) is 1. The minimum atomic E-state index is 0.311. The molecule has 0 amide bonds. The summed E-state index contributed by atoms with van der Waals surface area (Å²) in [6.07, 6.45) is 5.93. The van der Waals surface area contributed by atoms with Crippen LogP contribution in [0.1, 0.15) is 43.0 Å². The summed E-state index contributed by atoms with van der Waals surface area (Å²) in [4.78, 5) is 0. The predicted octanol–water partition coefficient (Wildman–Crippen LogP) is 6.14. The van der Waals surface area contributed by atoms with Crippen LogP contribution in [-0.4, -0.2) is 9.67 Å². The molecule has 0 spiro atoms. The minimum Gasteiger partial charge on any atom is -0.508 e. The molecule has 0 atom stereocenters. The van der Waals surface area contributed by atoms with Crippen molar-refractivity contribution in [2.75, 3.05) is 0 Å². The van der Waals surface area contributed by atoms with Gasteiger partial charge >= 0.3 is 0 Å². The molecular formula is C24H29NO. The van der Waals surface area contributed by atoms with E-state index in [1.54, 1.807) is 12.1 Å². The van der Waals surface area contributed by atoms with Crippen molar-refractivity contribution in [1.29, 1.82) is 0 Å². The highest BCUT2D eigenvalue weighted by atomic mass is 16.3. The van der Waals surface area contributed by atoms with Crippen LogP contribution in [0.4, 0.5) is 0 Å². The first-order valence-electron chi connectivity index (χ1n) is 9.70. The van der Waals surface area contributed by atoms with E-state index in [4.69, 9.17) is 0 Å². The molecule has 0 saturated heterocycles. The zero-order valence-electron chi connectivity index (χ0n) is 15.9. The normalized spacial score (nSPS) is 11.0. The second-order valence-electron chi connectivity index (χ2n) is 7.08. The van der Waals surface area contributed by atoms with Crippen LogP contribution in [0.2, 0.25) is 0 Å². The Morgan fingerprint density at radius 3 is 2.00 bits per heavy atom. The first-order chi connectivity index (χ1) is 12.7. The number of phenols is 1. The second kappa shape index (κ2) is 8.75. The van der Waals surface area contributed by atoms with E-state index in [1.807, 2.05) is 12.1 Å². The number of rotatable bonds is 8. The monoisotopic (exact) mass is 347 g/mol. The number of benzene rings is 2. The van der Waals surface area contributed by atoms with Gasteiger partial charge in [-0.1, -0.05) is 37.6 Å². The molecule has 1 heterocycles. The van der Waals surface area contributed by atoms with Crippen molar-refractivity contribution in [3.63, 3.8) is 0 Å². The van der Waals surface area contributed by atoms with Gasteiger partial charge in [0.1, 0.15) is 5.75 Å². The highest BCUT2D eigenvalue weighted by Gasteiger charge is 2.07. The Morgan fingerprint density at radius 1 is 0.769 bits per heavy atom. The average Bonchev–Trinajstić information content (AvgIpc) is 3.02. The zero-order valence-corrected chi connectivity index (χ0v) is 15.9. The van der Waals surface area contributed by atoms with Gasteiger partial charge in [-0.2, -0.15) is 0 Å². The first kappa shape index (κ1) is 18.3. The highest BCUT2D eigenvalue weighted by Crippen LogP contribution is 2.25. The molecule has 0 saturated carbocycles. The molecule has 2 aromatic carbocycles. The Morgan fingerprint density at radius 2 is 1.38 bits per heavy atom. The fourth-order valence-electron chi connectivity index (χ4n) is 3.45. The van der Waals surface area contributed by atoms with Crippen molar-refractivity contribution in [3.8, 4) is 17.0 Å². The van der Waals surface area contributed by atoms with Crippen LogP contribution in [0.15, 0.2) is 60.7 Å². The molecule has 3 aromatic rings. The van der Waals surface area contributed by atoms with Gasteiger partial charge in [0.25, 0.3) is 0 Å². The van der Waals surface area contributed by atoms with Crippen molar-refractivity contribution in [2.24, 2.45) is 0 Å². The van der Waals surface area contributed by atoms with Crippen LogP contribution in [-0.2, 0) is 19.4 Å². The Balaban J connectivity index is 1.61. The van der Waals surface area contributed by atoms with E-state index in [2.05, 4.69) is 54.8 Å². The lowest BCUT2D eigenvalue weighted by atomic mass is 10.0. The van der Waals surface area contributed by atoms with Crippen LogP contribution >= 0.6 is 0 Å². The quantitative estimate of drug-likeness (QED) is 0.520. The van der Waals surface area contributed by atoms with E-state index >= 15 is 0 Å². The molecule has 1 N–H and O–H groups in total. The molecule has 2 nitrogen and oxygen atoms in total. The smallest absolute Gasteiger partial charge is 0.115 e. The summed E-state index contributed by atoms with van der Waals surface area (Å²) < 4.78 is 2.38. The topological polar surface area (TPSA) is 25.2 Å². The number of unbranched alkanes of at least 4 members (excludes halogenated alkanes) is 1. The van der Waals surface area contributed by atoms with Crippen molar-refractivity contribution in [2.45, 2.75) is 52.5 Å². The molecule has 1 aromatic heterocycles. The molecule has 0 bridgehead atoms. The minimum absolute atomic E-state index is 0.311. The summed E-state index contributed by atoms with van der Waals surface area (Å²) in [7, 11) is 0. The van der Waals surface area contributed by atoms with Crippen molar-refractivity contribution in [3.05, 3.63) is 77.5 Å². The lowest BCUT2D eigenvalue weighted by Crippen LogP contribution is -2.03. The summed E-state index contributed by atoms with van der Waals surface area (Å²) in [5.41, 5.74) is 6.52. The van der Waals surface area contributed by atoms with E-state index in [-0.39, 0.29) is 0 Å². The highest BCUT2D eigenvalue weighted by molar-refractivity contribution is 5.61. The van der Waals surface area contributed by atoms with Crippen molar-refractivity contribution in [1.82, 2.24) is 4.57 Å². The number of nitrogens with zero attached hydrogens (tertiary/aromatic N) is 1. The summed E-state index contributed by atoms with van der Waals surface area (Å²) in [6, 6.07) is 21.0. The SMILES string of the molecule is CCCCc1ccc(CCCn2c(C)ccc2-c2ccc(O)cc2)cc1. The van der Waals surface area contributed by atoms with Crippen LogP contribution in [0, 0.1) is 6.92 Å². The number of hydrogen-bond donors (Lipinski definition) is 1. The fraction of sp³-hybridized carbons (Fsp3) is 0.333. The van der Waals surface area contributed by atoms with Gasteiger partial charge in [0, 0.05) is 17.9 Å². The predicted molar refractivity (Wildman–Crippen MR) is 110 cm³/mol. The maximum absolute atomic E-state index is 9.51. The zero-order chi connectivity index (χ0) is 18.4. The van der Waals surface area contributed by atoms with Crippen molar-refractivity contribution < 1.29 is 5.11 Å². The molecule has 3 rings (SSSR count). The van der Waals surface area contributed by atoms with Gasteiger partial charge in [0.2, 0.25) is 0 Å². The second-order valence-corrected chi connectivity index (χ2v) is 7.08. The number of aryl methyl sites for hydroxylation is 3. The maximum Gasteiger partial charge on any atom is 0.115 e. The summed E-state index contributed by atoms with van der Waals surface area (Å²) in [5.74, 6) is 0.311. The Hall–Kier alpha value is -2.48. The average molecular weight is 348 g/mol. The molecule has 0 fully saturated rings. The molecule has 0 radical (unpaired) electrons. The third kappa shape index (κ3) is 4.57.